The number of aryl methyl sites for hydroxylation is 1. The van der Waals surface area contributed by atoms with E-state index in [4.69, 9.17) is 0 Å². The van der Waals surface area contributed by atoms with E-state index in [2.05, 4.69) is 32.1 Å². The summed E-state index contributed by atoms with van der Waals surface area (Å²) in [5.41, 5.74) is 1.03. The van der Waals surface area contributed by atoms with Crippen molar-refractivity contribution in [2.75, 3.05) is 23.7 Å². The van der Waals surface area contributed by atoms with Gasteiger partial charge >= 0.3 is 0 Å². The molecule has 0 bridgehead atoms. The lowest BCUT2D eigenvalue weighted by Gasteiger charge is -2.07. The Hall–Kier alpha value is -2.14. The van der Waals surface area contributed by atoms with Gasteiger partial charge < -0.3 is 10.6 Å². The molecule has 2 heterocycles. The molecule has 108 valence electrons. The van der Waals surface area contributed by atoms with Crippen molar-refractivity contribution in [1.82, 2.24) is 9.36 Å². The maximum absolute atomic E-state index is 4.46. The van der Waals surface area contributed by atoms with Gasteiger partial charge in [0, 0.05) is 24.2 Å². The molecule has 0 fully saturated rings. The van der Waals surface area contributed by atoms with Crippen LogP contribution in [-0.2, 0) is 0 Å². The van der Waals surface area contributed by atoms with E-state index in [0.29, 0.717) is 0 Å². The Morgan fingerprint density at radius 3 is 2.76 bits per heavy atom. The van der Waals surface area contributed by atoms with E-state index in [0.717, 1.165) is 36.8 Å². The molecular weight excluding hydrogens is 280 g/mol. The van der Waals surface area contributed by atoms with Crippen molar-refractivity contribution >= 4 is 33.3 Å². The van der Waals surface area contributed by atoms with Crippen molar-refractivity contribution in [2.45, 2.75) is 13.3 Å². The highest BCUT2D eigenvalue weighted by Gasteiger charge is 2.03. The van der Waals surface area contributed by atoms with Gasteiger partial charge in [-0.25, -0.2) is 4.98 Å². The van der Waals surface area contributed by atoms with Crippen LogP contribution in [-0.4, -0.2) is 22.4 Å². The van der Waals surface area contributed by atoms with E-state index in [9.17, 15) is 0 Å². The van der Waals surface area contributed by atoms with Crippen LogP contribution < -0.4 is 10.6 Å². The molecule has 0 spiro atoms. The van der Waals surface area contributed by atoms with Crippen molar-refractivity contribution in [1.29, 1.82) is 0 Å². The largest absolute Gasteiger partial charge is 0.370 e. The third kappa shape index (κ3) is 3.49. The number of anilines is 2. The molecule has 1 aromatic carbocycles. The van der Waals surface area contributed by atoms with Gasteiger partial charge in [0.25, 0.3) is 0 Å². The van der Waals surface area contributed by atoms with E-state index in [-0.39, 0.29) is 0 Å². The second-order valence-electron chi connectivity index (χ2n) is 4.90. The molecule has 2 aromatic heterocycles. The van der Waals surface area contributed by atoms with Crippen molar-refractivity contribution in [3.63, 3.8) is 0 Å². The second-order valence-corrected chi connectivity index (χ2v) is 5.70. The molecule has 0 unspecified atom stereocenters. The first-order valence-electron chi connectivity index (χ1n) is 7.09. The highest BCUT2D eigenvalue weighted by molar-refractivity contribution is 7.13. The Kier molecular flexibility index (Phi) is 4.31. The number of benzene rings is 1. The van der Waals surface area contributed by atoms with Crippen LogP contribution >= 0.6 is 11.5 Å². The molecule has 5 heteroatoms. The molecule has 0 aliphatic rings. The zero-order valence-electron chi connectivity index (χ0n) is 12.0. The number of nitrogens with zero attached hydrogens (tertiary/aromatic N) is 2. The smallest absolute Gasteiger partial charge is 0.147 e. The number of rotatable bonds is 6. The first-order chi connectivity index (χ1) is 10.3. The molecular formula is C16H18N4S. The van der Waals surface area contributed by atoms with Crippen LogP contribution in [0.4, 0.5) is 11.6 Å². The topological polar surface area (TPSA) is 49.8 Å². The van der Waals surface area contributed by atoms with Crippen LogP contribution in [0, 0.1) is 6.92 Å². The van der Waals surface area contributed by atoms with Gasteiger partial charge in [0.1, 0.15) is 11.6 Å². The second kappa shape index (κ2) is 6.54. The highest BCUT2D eigenvalue weighted by atomic mass is 32.1. The lowest BCUT2D eigenvalue weighted by molar-refractivity contribution is 0.900. The van der Waals surface area contributed by atoms with Crippen LogP contribution in [0.2, 0.25) is 0 Å². The van der Waals surface area contributed by atoms with Gasteiger partial charge in [0.05, 0.1) is 4.70 Å². The van der Waals surface area contributed by atoms with E-state index in [1.807, 2.05) is 37.3 Å². The molecule has 3 rings (SSSR count). The number of hydrogen-bond donors (Lipinski definition) is 2. The third-order valence-corrected chi connectivity index (χ3v) is 4.04. The Bertz CT molecular complexity index is 723. The van der Waals surface area contributed by atoms with Gasteiger partial charge in [-0.1, -0.05) is 18.2 Å². The standard InChI is InChI=1S/C16H18N4S/c1-12-6-4-9-15(19-12)17-10-5-11-18-16-13-7-2-3-8-14(13)21-20-16/h2-4,6-9H,5,10-11H2,1H3,(H,17,19)(H,18,20). The fourth-order valence-electron chi connectivity index (χ4n) is 2.17. The molecule has 0 amide bonds. The van der Waals surface area contributed by atoms with Crippen LogP contribution in [0.25, 0.3) is 10.1 Å². The van der Waals surface area contributed by atoms with Crippen molar-refractivity contribution in [2.24, 2.45) is 0 Å². The summed E-state index contributed by atoms with van der Waals surface area (Å²) in [6, 6.07) is 14.3. The van der Waals surface area contributed by atoms with Gasteiger partial charge in [-0.3, -0.25) is 0 Å². The summed E-state index contributed by atoms with van der Waals surface area (Å²) in [5.74, 6) is 1.93. The number of hydrogen-bond acceptors (Lipinski definition) is 5. The van der Waals surface area contributed by atoms with Gasteiger partial charge in [0.15, 0.2) is 0 Å². The number of aromatic nitrogens is 2. The van der Waals surface area contributed by atoms with Crippen LogP contribution in [0.1, 0.15) is 12.1 Å². The zero-order valence-corrected chi connectivity index (χ0v) is 12.8. The molecule has 3 aromatic rings. The SMILES string of the molecule is Cc1cccc(NCCCNc2nsc3ccccc23)n1. The summed E-state index contributed by atoms with van der Waals surface area (Å²) in [7, 11) is 0. The monoisotopic (exact) mass is 298 g/mol. The molecule has 0 atom stereocenters. The van der Waals surface area contributed by atoms with Gasteiger partial charge in [-0.05, 0) is 49.1 Å². The number of fused-ring (bicyclic) bond motifs is 1. The summed E-state index contributed by atoms with van der Waals surface area (Å²) in [6.45, 7) is 3.79. The first-order valence-corrected chi connectivity index (χ1v) is 7.86. The Balaban J connectivity index is 1.46. The van der Waals surface area contributed by atoms with Crippen LogP contribution in [0.5, 0.6) is 0 Å². The van der Waals surface area contributed by atoms with E-state index < -0.39 is 0 Å². The third-order valence-electron chi connectivity index (χ3n) is 3.22. The van der Waals surface area contributed by atoms with Crippen molar-refractivity contribution in [3.8, 4) is 0 Å². The molecule has 2 N–H and O–H groups in total. The molecule has 0 aliphatic heterocycles. The van der Waals surface area contributed by atoms with Crippen molar-refractivity contribution in [3.05, 3.63) is 48.2 Å². The van der Waals surface area contributed by atoms with E-state index in [1.54, 1.807) is 0 Å². The summed E-state index contributed by atoms with van der Waals surface area (Å²) < 4.78 is 5.68. The van der Waals surface area contributed by atoms with Gasteiger partial charge in [0.2, 0.25) is 0 Å². The minimum Gasteiger partial charge on any atom is -0.370 e. The lowest BCUT2D eigenvalue weighted by Crippen LogP contribution is -2.10. The predicted molar refractivity (Wildman–Crippen MR) is 90.2 cm³/mol. The van der Waals surface area contributed by atoms with E-state index in [1.165, 1.54) is 21.6 Å². The minimum absolute atomic E-state index is 0.894. The normalized spacial score (nSPS) is 10.7. The van der Waals surface area contributed by atoms with Gasteiger partial charge in [-0.2, -0.15) is 4.37 Å². The molecule has 4 nitrogen and oxygen atoms in total. The summed E-state index contributed by atoms with van der Waals surface area (Å²) >= 11 is 1.54. The summed E-state index contributed by atoms with van der Waals surface area (Å²) in [4.78, 5) is 4.42. The molecule has 0 saturated carbocycles. The van der Waals surface area contributed by atoms with Gasteiger partial charge in [-0.15, -0.1) is 0 Å². The number of pyridine rings is 1. The Morgan fingerprint density at radius 2 is 1.86 bits per heavy atom. The molecule has 0 aliphatic carbocycles. The molecule has 0 radical (unpaired) electrons. The van der Waals surface area contributed by atoms with Crippen LogP contribution in [0.3, 0.4) is 0 Å². The molecule has 21 heavy (non-hydrogen) atoms. The summed E-state index contributed by atoms with van der Waals surface area (Å²) in [6.07, 6.45) is 1.02. The summed E-state index contributed by atoms with van der Waals surface area (Å²) in [5, 5.41) is 7.94. The fraction of sp³-hybridized carbons (Fsp3) is 0.250. The first kappa shape index (κ1) is 13.8. The average molecular weight is 298 g/mol. The minimum atomic E-state index is 0.894. The highest BCUT2D eigenvalue weighted by Crippen LogP contribution is 2.25. The van der Waals surface area contributed by atoms with E-state index >= 15 is 0 Å². The molecule has 0 saturated heterocycles. The Labute approximate surface area is 128 Å². The lowest BCUT2D eigenvalue weighted by atomic mass is 10.2. The predicted octanol–water partition coefficient (Wildman–Crippen LogP) is 3.91. The maximum Gasteiger partial charge on any atom is 0.147 e. The average Bonchev–Trinajstić information content (AvgIpc) is 2.90. The van der Waals surface area contributed by atoms with Crippen molar-refractivity contribution < 1.29 is 0 Å². The Morgan fingerprint density at radius 1 is 1.00 bits per heavy atom. The zero-order chi connectivity index (χ0) is 14.5. The number of nitrogens with one attached hydrogen (secondary N) is 2. The maximum atomic E-state index is 4.46. The fourth-order valence-corrected chi connectivity index (χ4v) is 2.92. The van der Waals surface area contributed by atoms with Crippen LogP contribution in [0.15, 0.2) is 42.5 Å². The quantitative estimate of drug-likeness (QED) is 0.677.